The maximum Gasteiger partial charge on any atom is 0.261 e. The largest absolute Gasteiger partial charge is 0.340 e. The molecule has 128 valence electrons. The van der Waals surface area contributed by atoms with Gasteiger partial charge in [0, 0.05) is 24.0 Å². The van der Waals surface area contributed by atoms with Crippen molar-refractivity contribution >= 4 is 46.3 Å². The van der Waals surface area contributed by atoms with Crippen LogP contribution in [0.15, 0.2) is 42.7 Å². The van der Waals surface area contributed by atoms with Gasteiger partial charge in [0.15, 0.2) is 0 Å². The third-order valence-electron chi connectivity index (χ3n) is 3.55. The molecule has 1 aromatic carbocycles. The van der Waals surface area contributed by atoms with Crippen molar-refractivity contribution in [2.45, 2.75) is 13.8 Å². The van der Waals surface area contributed by atoms with Crippen LogP contribution in [-0.4, -0.2) is 21.6 Å². The molecule has 2 aromatic rings. The Hall–Kier alpha value is -3.06. The molecule has 0 atom stereocenters. The first-order chi connectivity index (χ1) is 11.8. The van der Waals surface area contributed by atoms with Crippen LogP contribution in [0.3, 0.4) is 0 Å². The highest BCUT2D eigenvalue weighted by Crippen LogP contribution is 2.28. The second kappa shape index (κ2) is 6.45. The normalized spacial score (nSPS) is 12.8. The van der Waals surface area contributed by atoms with Gasteiger partial charge in [-0.2, -0.15) is 5.10 Å². The molecule has 0 bridgehead atoms. The number of fused-ring (bicyclic) bond motifs is 1. The summed E-state index contributed by atoms with van der Waals surface area (Å²) in [6, 6.07) is 4.85. The minimum atomic E-state index is -0.334. The van der Waals surface area contributed by atoms with Crippen molar-refractivity contribution in [3.8, 4) is 0 Å². The summed E-state index contributed by atoms with van der Waals surface area (Å²) in [6.45, 7) is 7.14. The lowest BCUT2D eigenvalue weighted by molar-refractivity contribution is -0.114. The Labute approximate surface area is 149 Å². The lowest BCUT2D eigenvalue weighted by atomic mass is 10.2. The Kier molecular flexibility index (Phi) is 4.33. The minimum absolute atomic E-state index is 0.222. The number of benzene rings is 1. The molecule has 1 aromatic heterocycles. The molecule has 0 unspecified atom stereocenters. The van der Waals surface area contributed by atoms with E-state index in [0.717, 1.165) is 5.70 Å². The van der Waals surface area contributed by atoms with E-state index in [1.165, 1.54) is 13.1 Å². The summed E-state index contributed by atoms with van der Waals surface area (Å²) in [5.41, 5.74) is 2.91. The molecule has 1 aliphatic rings. The first kappa shape index (κ1) is 16.8. The highest BCUT2D eigenvalue weighted by atomic mass is 35.5. The minimum Gasteiger partial charge on any atom is -0.340 e. The SMILES string of the molecule is C=C1C=C(C)n2ncc(C(=O)Nc3ccc(NC(C)=O)c(Cl)c3)c2N1. The molecule has 0 radical (unpaired) electrons. The van der Waals surface area contributed by atoms with Gasteiger partial charge in [0.2, 0.25) is 5.91 Å². The van der Waals surface area contributed by atoms with Crippen molar-refractivity contribution in [1.82, 2.24) is 9.78 Å². The topological polar surface area (TPSA) is 88.1 Å². The number of allylic oxidation sites excluding steroid dienone is 2. The zero-order valence-electron chi connectivity index (χ0n) is 13.7. The summed E-state index contributed by atoms with van der Waals surface area (Å²) in [7, 11) is 0. The fourth-order valence-corrected chi connectivity index (χ4v) is 2.71. The van der Waals surface area contributed by atoms with Gasteiger partial charge in [-0.05, 0) is 31.2 Å². The number of carbonyl (C=O) groups is 2. The van der Waals surface area contributed by atoms with E-state index >= 15 is 0 Å². The molecule has 7 nitrogen and oxygen atoms in total. The van der Waals surface area contributed by atoms with Gasteiger partial charge in [-0.25, -0.2) is 4.68 Å². The van der Waals surface area contributed by atoms with Gasteiger partial charge in [0.25, 0.3) is 5.91 Å². The van der Waals surface area contributed by atoms with Crippen molar-refractivity contribution in [2.24, 2.45) is 0 Å². The van der Waals surface area contributed by atoms with Crippen molar-refractivity contribution in [3.63, 3.8) is 0 Å². The molecule has 2 amide bonds. The molecule has 0 aliphatic carbocycles. The molecule has 25 heavy (non-hydrogen) atoms. The van der Waals surface area contributed by atoms with Crippen LogP contribution in [0, 0.1) is 0 Å². The van der Waals surface area contributed by atoms with E-state index in [0.29, 0.717) is 33.5 Å². The Bertz CT molecular complexity index is 929. The fraction of sp³-hybridized carbons (Fsp3) is 0.118. The molecule has 0 spiro atoms. The van der Waals surface area contributed by atoms with Gasteiger partial charge in [-0.3, -0.25) is 9.59 Å². The molecule has 3 rings (SSSR count). The third kappa shape index (κ3) is 3.41. The van der Waals surface area contributed by atoms with Gasteiger partial charge in [-0.15, -0.1) is 0 Å². The molecular formula is C17H16ClN5O2. The number of amides is 2. The van der Waals surface area contributed by atoms with Crippen LogP contribution in [-0.2, 0) is 4.79 Å². The smallest absolute Gasteiger partial charge is 0.261 e. The lowest BCUT2D eigenvalue weighted by Gasteiger charge is -2.17. The Morgan fingerprint density at radius 3 is 2.76 bits per heavy atom. The monoisotopic (exact) mass is 357 g/mol. The summed E-state index contributed by atoms with van der Waals surface area (Å²) < 4.78 is 1.64. The van der Waals surface area contributed by atoms with Crippen molar-refractivity contribution in [2.75, 3.05) is 16.0 Å². The number of nitrogens with zero attached hydrogens (tertiary/aromatic N) is 2. The predicted molar refractivity (Wildman–Crippen MR) is 98.6 cm³/mol. The molecule has 0 saturated heterocycles. The highest BCUT2D eigenvalue weighted by Gasteiger charge is 2.21. The highest BCUT2D eigenvalue weighted by molar-refractivity contribution is 6.34. The van der Waals surface area contributed by atoms with Crippen molar-refractivity contribution in [1.29, 1.82) is 0 Å². The molecule has 0 saturated carbocycles. The van der Waals surface area contributed by atoms with E-state index in [1.54, 1.807) is 22.9 Å². The van der Waals surface area contributed by atoms with Crippen LogP contribution in [0.2, 0.25) is 5.02 Å². The first-order valence-electron chi connectivity index (χ1n) is 7.46. The molecule has 1 aliphatic heterocycles. The molecular weight excluding hydrogens is 342 g/mol. The number of nitrogens with one attached hydrogen (secondary N) is 3. The quantitative estimate of drug-likeness (QED) is 0.783. The average Bonchev–Trinajstić information content (AvgIpc) is 2.93. The van der Waals surface area contributed by atoms with Crippen LogP contribution < -0.4 is 16.0 Å². The molecule has 8 heteroatoms. The summed E-state index contributed by atoms with van der Waals surface area (Å²) in [5, 5.41) is 13.0. The second-order valence-corrected chi connectivity index (χ2v) is 5.99. The predicted octanol–water partition coefficient (Wildman–Crippen LogP) is 3.55. The number of rotatable bonds is 3. The van der Waals surface area contributed by atoms with Crippen molar-refractivity contribution in [3.05, 3.63) is 53.3 Å². The lowest BCUT2D eigenvalue weighted by Crippen LogP contribution is -2.17. The zero-order chi connectivity index (χ0) is 18.1. The standard InChI is InChI=1S/C17H16ClN5O2/c1-9-6-10(2)23-16(20-9)13(8-19-23)17(25)22-12-4-5-15(14(18)7-12)21-11(3)24/h4-8,20H,1H2,2-3H3,(H,21,24)(H,22,25). The first-order valence-corrected chi connectivity index (χ1v) is 7.84. The van der Waals surface area contributed by atoms with E-state index in [4.69, 9.17) is 11.6 Å². The average molecular weight is 358 g/mol. The van der Waals surface area contributed by atoms with Crippen LogP contribution in [0.25, 0.3) is 5.70 Å². The van der Waals surface area contributed by atoms with Crippen molar-refractivity contribution < 1.29 is 9.59 Å². The number of hydrogen-bond donors (Lipinski definition) is 3. The van der Waals surface area contributed by atoms with Gasteiger partial charge < -0.3 is 16.0 Å². The van der Waals surface area contributed by atoms with Gasteiger partial charge in [0.1, 0.15) is 11.4 Å². The van der Waals surface area contributed by atoms with E-state index in [9.17, 15) is 9.59 Å². The molecule has 3 N–H and O–H groups in total. The summed E-state index contributed by atoms with van der Waals surface area (Å²) in [4.78, 5) is 23.7. The number of hydrogen-bond acceptors (Lipinski definition) is 4. The Balaban J connectivity index is 1.82. The Morgan fingerprint density at radius 1 is 1.32 bits per heavy atom. The number of carbonyl (C=O) groups excluding carboxylic acids is 2. The van der Waals surface area contributed by atoms with E-state index in [1.807, 2.05) is 13.0 Å². The summed E-state index contributed by atoms with van der Waals surface area (Å²) >= 11 is 6.12. The summed E-state index contributed by atoms with van der Waals surface area (Å²) in [6.07, 6.45) is 3.32. The summed E-state index contributed by atoms with van der Waals surface area (Å²) in [5.74, 6) is 0.00276. The maximum atomic E-state index is 12.6. The maximum absolute atomic E-state index is 12.6. The third-order valence-corrected chi connectivity index (χ3v) is 3.86. The molecule has 0 fully saturated rings. The fourth-order valence-electron chi connectivity index (χ4n) is 2.49. The second-order valence-electron chi connectivity index (χ2n) is 5.58. The van der Waals surface area contributed by atoms with Gasteiger partial charge in [0.05, 0.1) is 16.9 Å². The molecule has 2 heterocycles. The van der Waals surface area contributed by atoms with E-state index < -0.39 is 0 Å². The number of anilines is 3. The Morgan fingerprint density at radius 2 is 2.08 bits per heavy atom. The van der Waals surface area contributed by atoms with Crippen LogP contribution in [0.4, 0.5) is 17.2 Å². The zero-order valence-corrected chi connectivity index (χ0v) is 14.4. The number of aromatic nitrogens is 2. The van der Waals surface area contributed by atoms with Crippen LogP contribution >= 0.6 is 11.6 Å². The van der Waals surface area contributed by atoms with E-state index in [2.05, 4.69) is 27.6 Å². The van der Waals surface area contributed by atoms with Gasteiger partial charge in [-0.1, -0.05) is 18.2 Å². The van der Waals surface area contributed by atoms with Crippen LogP contribution in [0.1, 0.15) is 24.2 Å². The van der Waals surface area contributed by atoms with E-state index in [-0.39, 0.29) is 11.8 Å². The number of halogens is 1. The van der Waals surface area contributed by atoms with Gasteiger partial charge >= 0.3 is 0 Å². The van der Waals surface area contributed by atoms with Crippen LogP contribution in [0.5, 0.6) is 0 Å².